The van der Waals surface area contributed by atoms with E-state index in [2.05, 4.69) is 24.1 Å². The standard InChI is InChI=1S/C12H19N3O/c1-12(2)6-8(12)7-14-10-5-4-9(13)11(15-10)16-3/h4-5,8H,6-7,13H2,1-3H3,(H,14,15). The van der Waals surface area contributed by atoms with E-state index in [1.807, 2.05) is 12.1 Å². The monoisotopic (exact) mass is 221 g/mol. The summed E-state index contributed by atoms with van der Waals surface area (Å²) >= 11 is 0. The van der Waals surface area contributed by atoms with Crippen LogP contribution in [0.5, 0.6) is 5.88 Å². The average molecular weight is 221 g/mol. The van der Waals surface area contributed by atoms with Crippen LogP contribution in [0, 0.1) is 11.3 Å². The number of nitrogen functional groups attached to an aromatic ring is 1. The molecule has 16 heavy (non-hydrogen) atoms. The molecule has 0 amide bonds. The van der Waals surface area contributed by atoms with Gasteiger partial charge in [-0.15, -0.1) is 0 Å². The first kappa shape index (κ1) is 11.0. The van der Waals surface area contributed by atoms with E-state index in [9.17, 15) is 0 Å². The van der Waals surface area contributed by atoms with Crippen molar-refractivity contribution in [2.45, 2.75) is 20.3 Å². The molecule has 0 aromatic carbocycles. The molecule has 1 aliphatic rings. The van der Waals surface area contributed by atoms with Crippen molar-refractivity contribution in [2.75, 3.05) is 24.7 Å². The van der Waals surface area contributed by atoms with Gasteiger partial charge in [0.1, 0.15) is 5.82 Å². The number of rotatable bonds is 4. The molecular weight excluding hydrogens is 202 g/mol. The molecule has 1 fully saturated rings. The Kier molecular flexibility index (Phi) is 2.66. The maximum absolute atomic E-state index is 5.70. The summed E-state index contributed by atoms with van der Waals surface area (Å²) in [5, 5.41) is 3.32. The molecule has 1 aromatic heterocycles. The first-order valence-electron chi connectivity index (χ1n) is 5.57. The summed E-state index contributed by atoms with van der Waals surface area (Å²) in [6, 6.07) is 3.69. The topological polar surface area (TPSA) is 60.2 Å². The zero-order chi connectivity index (χ0) is 11.8. The number of methoxy groups -OCH3 is 1. The second-order valence-corrected chi connectivity index (χ2v) is 5.07. The number of hydrogen-bond donors (Lipinski definition) is 2. The predicted molar refractivity (Wildman–Crippen MR) is 65.6 cm³/mol. The van der Waals surface area contributed by atoms with E-state index >= 15 is 0 Å². The van der Waals surface area contributed by atoms with Crippen LogP contribution < -0.4 is 15.8 Å². The smallest absolute Gasteiger partial charge is 0.238 e. The van der Waals surface area contributed by atoms with Gasteiger partial charge in [-0.2, -0.15) is 4.98 Å². The molecule has 0 aliphatic heterocycles. The molecule has 4 heteroatoms. The summed E-state index contributed by atoms with van der Waals surface area (Å²) in [6.07, 6.45) is 1.28. The Labute approximate surface area is 96.2 Å². The van der Waals surface area contributed by atoms with Crippen molar-refractivity contribution in [3.8, 4) is 5.88 Å². The van der Waals surface area contributed by atoms with Gasteiger partial charge in [-0.05, 0) is 29.9 Å². The Hall–Kier alpha value is -1.45. The molecule has 2 rings (SSSR count). The summed E-state index contributed by atoms with van der Waals surface area (Å²) in [4.78, 5) is 4.28. The van der Waals surface area contributed by atoms with Gasteiger partial charge in [-0.25, -0.2) is 0 Å². The fraction of sp³-hybridized carbons (Fsp3) is 0.583. The van der Waals surface area contributed by atoms with E-state index < -0.39 is 0 Å². The van der Waals surface area contributed by atoms with Crippen LogP contribution in [0.3, 0.4) is 0 Å². The molecule has 4 nitrogen and oxygen atoms in total. The molecule has 0 bridgehead atoms. The SMILES string of the molecule is COc1nc(NCC2CC2(C)C)ccc1N. The van der Waals surface area contributed by atoms with E-state index in [1.54, 1.807) is 7.11 Å². The molecule has 0 spiro atoms. The molecule has 3 N–H and O–H groups in total. The van der Waals surface area contributed by atoms with Crippen molar-refractivity contribution in [3.05, 3.63) is 12.1 Å². The zero-order valence-electron chi connectivity index (χ0n) is 10.1. The van der Waals surface area contributed by atoms with Gasteiger partial charge in [0.05, 0.1) is 12.8 Å². The third-order valence-electron chi connectivity index (χ3n) is 3.33. The van der Waals surface area contributed by atoms with Crippen LogP contribution in [0.2, 0.25) is 0 Å². The third kappa shape index (κ3) is 2.21. The molecule has 1 unspecified atom stereocenters. The summed E-state index contributed by atoms with van der Waals surface area (Å²) < 4.78 is 5.07. The van der Waals surface area contributed by atoms with Crippen LogP contribution in [0.1, 0.15) is 20.3 Å². The number of hydrogen-bond acceptors (Lipinski definition) is 4. The molecule has 1 aliphatic carbocycles. The maximum atomic E-state index is 5.70. The van der Waals surface area contributed by atoms with Crippen molar-refractivity contribution in [2.24, 2.45) is 11.3 Å². The minimum Gasteiger partial charge on any atom is -0.479 e. The highest BCUT2D eigenvalue weighted by atomic mass is 16.5. The van der Waals surface area contributed by atoms with Crippen LogP contribution in [0.4, 0.5) is 11.5 Å². The molecule has 1 saturated carbocycles. The van der Waals surface area contributed by atoms with Crippen LogP contribution in [0.15, 0.2) is 12.1 Å². The van der Waals surface area contributed by atoms with Crippen molar-refractivity contribution in [3.63, 3.8) is 0 Å². The first-order valence-corrected chi connectivity index (χ1v) is 5.57. The van der Waals surface area contributed by atoms with E-state index in [1.165, 1.54) is 6.42 Å². The lowest BCUT2D eigenvalue weighted by atomic mass is 10.1. The Morgan fingerprint density at radius 3 is 2.81 bits per heavy atom. The minimum atomic E-state index is 0.486. The number of anilines is 2. The summed E-state index contributed by atoms with van der Waals surface area (Å²) in [7, 11) is 1.58. The maximum Gasteiger partial charge on any atom is 0.238 e. The molecule has 0 saturated heterocycles. The van der Waals surface area contributed by atoms with Crippen LogP contribution >= 0.6 is 0 Å². The van der Waals surface area contributed by atoms with Crippen molar-refractivity contribution >= 4 is 11.5 Å². The van der Waals surface area contributed by atoms with E-state index in [-0.39, 0.29) is 0 Å². The van der Waals surface area contributed by atoms with Gasteiger partial charge in [0.2, 0.25) is 5.88 Å². The third-order valence-corrected chi connectivity index (χ3v) is 3.33. The van der Waals surface area contributed by atoms with Gasteiger partial charge in [0.25, 0.3) is 0 Å². The number of nitrogens with one attached hydrogen (secondary N) is 1. The highest BCUT2D eigenvalue weighted by Crippen LogP contribution is 2.51. The molecule has 0 radical (unpaired) electrons. The number of nitrogens with two attached hydrogens (primary N) is 1. The number of aromatic nitrogens is 1. The first-order chi connectivity index (χ1) is 7.53. The van der Waals surface area contributed by atoms with Crippen LogP contribution in [0.25, 0.3) is 0 Å². The summed E-state index contributed by atoms with van der Waals surface area (Å²) in [6.45, 7) is 5.54. The lowest BCUT2D eigenvalue weighted by molar-refractivity contribution is 0.401. The van der Waals surface area contributed by atoms with Gasteiger partial charge in [-0.1, -0.05) is 13.8 Å². The highest BCUT2D eigenvalue weighted by Gasteiger charge is 2.44. The quantitative estimate of drug-likeness (QED) is 0.817. The van der Waals surface area contributed by atoms with Crippen LogP contribution in [-0.4, -0.2) is 18.6 Å². The zero-order valence-corrected chi connectivity index (χ0v) is 10.1. The largest absolute Gasteiger partial charge is 0.479 e. The molecule has 1 atom stereocenters. The van der Waals surface area contributed by atoms with Crippen LogP contribution in [-0.2, 0) is 0 Å². The number of nitrogens with zero attached hydrogens (tertiary/aromatic N) is 1. The lowest BCUT2D eigenvalue weighted by Crippen LogP contribution is -2.09. The predicted octanol–water partition coefficient (Wildman–Crippen LogP) is 2.13. The van der Waals surface area contributed by atoms with E-state index in [4.69, 9.17) is 10.5 Å². The Bertz CT molecular complexity index is 390. The number of pyridine rings is 1. The Morgan fingerprint density at radius 2 is 2.25 bits per heavy atom. The van der Waals surface area contributed by atoms with Gasteiger partial charge >= 0.3 is 0 Å². The Morgan fingerprint density at radius 1 is 1.56 bits per heavy atom. The van der Waals surface area contributed by atoms with Crippen molar-refractivity contribution < 1.29 is 4.74 Å². The highest BCUT2D eigenvalue weighted by molar-refractivity contribution is 5.53. The number of ether oxygens (including phenoxy) is 1. The molecular formula is C12H19N3O. The summed E-state index contributed by atoms with van der Waals surface area (Å²) in [5.41, 5.74) is 6.76. The second kappa shape index (κ2) is 3.85. The fourth-order valence-corrected chi connectivity index (χ4v) is 1.87. The van der Waals surface area contributed by atoms with E-state index in [0.717, 1.165) is 18.3 Å². The van der Waals surface area contributed by atoms with Crippen molar-refractivity contribution in [1.29, 1.82) is 0 Å². The fourth-order valence-electron chi connectivity index (χ4n) is 1.87. The minimum absolute atomic E-state index is 0.486. The second-order valence-electron chi connectivity index (χ2n) is 5.07. The normalized spacial score (nSPS) is 21.6. The van der Waals surface area contributed by atoms with Gasteiger partial charge in [0, 0.05) is 6.54 Å². The van der Waals surface area contributed by atoms with Gasteiger partial charge in [-0.3, -0.25) is 0 Å². The van der Waals surface area contributed by atoms with E-state index in [0.29, 0.717) is 17.0 Å². The molecule has 1 aromatic rings. The Balaban J connectivity index is 1.95. The molecule has 1 heterocycles. The van der Waals surface area contributed by atoms with Crippen molar-refractivity contribution in [1.82, 2.24) is 4.98 Å². The van der Waals surface area contributed by atoms with Gasteiger partial charge < -0.3 is 15.8 Å². The van der Waals surface area contributed by atoms with Gasteiger partial charge in [0.15, 0.2) is 0 Å². The molecule has 88 valence electrons. The lowest BCUT2D eigenvalue weighted by Gasteiger charge is -2.09. The summed E-state index contributed by atoms with van der Waals surface area (Å²) in [5.74, 6) is 2.06. The average Bonchev–Trinajstić information content (AvgIpc) is 2.85.